The zero-order valence-electron chi connectivity index (χ0n) is 13.7. The minimum absolute atomic E-state index is 0.0335. The number of nitrogens with zero attached hydrogens (tertiary/aromatic N) is 7. The number of methoxy groups -OCH3 is 1. The molecule has 9 heteroatoms. The summed E-state index contributed by atoms with van der Waals surface area (Å²) in [5.41, 5.74) is 1.28. The van der Waals surface area contributed by atoms with Crippen LogP contribution in [0.15, 0.2) is 36.4 Å². The van der Waals surface area contributed by atoms with Gasteiger partial charge in [0.2, 0.25) is 0 Å². The SMILES string of the molecule is COc1ccc(C(=O)N2CCN(c3ccc4nnnn4n3)CC2)cc1. The Morgan fingerprint density at radius 2 is 1.80 bits per heavy atom. The Hall–Kier alpha value is -3.23. The minimum Gasteiger partial charge on any atom is -0.497 e. The number of hydrogen-bond donors (Lipinski definition) is 0. The third-order valence-corrected chi connectivity index (χ3v) is 4.28. The normalized spacial score (nSPS) is 14.8. The second-order valence-electron chi connectivity index (χ2n) is 5.73. The minimum atomic E-state index is 0.0335. The molecule has 0 saturated carbocycles. The predicted molar refractivity (Wildman–Crippen MR) is 89.7 cm³/mol. The van der Waals surface area contributed by atoms with Gasteiger partial charge in [-0.3, -0.25) is 4.79 Å². The highest BCUT2D eigenvalue weighted by atomic mass is 16.5. The van der Waals surface area contributed by atoms with E-state index in [-0.39, 0.29) is 5.91 Å². The second-order valence-corrected chi connectivity index (χ2v) is 5.73. The van der Waals surface area contributed by atoms with Gasteiger partial charge in [-0.1, -0.05) is 0 Å². The van der Waals surface area contributed by atoms with Crippen LogP contribution in [-0.4, -0.2) is 69.4 Å². The molecule has 0 N–H and O–H groups in total. The van der Waals surface area contributed by atoms with Crippen molar-refractivity contribution < 1.29 is 9.53 Å². The monoisotopic (exact) mass is 339 g/mol. The zero-order chi connectivity index (χ0) is 17.2. The molecule has 2 aromatic heterocycles. The molecule has 1 aliphatic rings. The van der Waals surface area contributed by atoms with Crippen molar-refractivity contribution in [3.63, 3.8) is 0 Å². The average molecular weight is 339 g/mol. The Kier molecular flexibility index (Phi) is 3.88. The van der Waals surface area contributed by atoms with Crippen molar-refractivity contribution in [2.75, 3.05) is 38.2 Å². The number of ether oxygens (including phenoxy) is 1. The van der Waals surface area contributed by atoms with E-state index in [1.165, 1.54) is 4.63 Å². The molecule has 1 amide bonds. The molecular weight excluding hydrogens is 322 g/mol. The lowest BCUT2D eigenvalue weighted by Crippen LogP contribution is -2.49. The molecule has 25 heavy (non-hydrogen) atoms. The van der Waals surface area contributed by atoms with Crippen molar-refractivity contribution in [3.8, 4) is 5.75 Å². The number of carbonyl (C=O) groups is 1. The number of hydrogen-bond acceptors (Lipinski definition) is 7. The van der Waals surface area contributed by atoms with E-state index in [9.17, 15) is 4.79 Å². The smallest absolute Gasteiger partial charge is 0.253 e. The van der Waals surface area contributed by atoms with Crippen molar-refractivity contribution in [1.29, 1.82) is 0 Å². The standard InChI is InChI=1S/C16H17N7O2/c1-25-13-4-2-12(3-5-13)16(24)22-10-8-21(9-11-22)15-7-6-14-17-19-20-23(14)18-15/h2-7H,8-11H2,1H3. The Morgan fingerprint density at radius 3 is 2.52 bits per heavy atom. The molecule has 0 atom stereocenters. The fourth-order valence-electron chi connectivity index (χ4n) is 2.86. The number of benzene rings is 1. The number of aromatic nitrogens is 5. The topological polar surface area (TPSA) is 88.8 Å². The number of carbonyl (C=O) groups excluding carboxylic acids is 1. The van der Waals surface area contributed by atoms with E-state index in [4.69, 9.17) is 4.74 Å². The van der Waals surface area contributed by atoms with Gasteiger partial charge in [-0.15, -0.1) is 14.8 Å². The van der Waals surface area contributed by atoms with E-state index in [2.05, 4.69) is 25.5 Å². The van der Waals surface area contributed by atoms with Crippen LogP contribution in [0.2, 0.25) is 0 Å². The lowest BCUT2D eigenvalue weighted by atomic mass is 10.1. The summed E-state index contributed by atoms with van der Waals surface area (Å²) in [6.45, 7) is 2.70. The number of rotatable bonds is 3. The molecule has 1 fully saturated rings. The summed E-state index contributed by atoms with van der Waals surface area (Å²) in [4.78, 5) is 16.6. The van der Waals surface area contributed by atoms with Crippen molar-refractivity contribution in [1.82, 2.24) is 30.2 Å². The number of anilines is 1. The maximum atomic E-state index is 12.6. The summed E-state index contributed by atoms with van der Waals surface area (Å²) in [6, 6.07) is 10.9. The summed E-state index contributed by atoms with van der Waals surface area (Å²) in [5.74, 6) is 1.58. The molecule has 3 aromatic rings. The van der Waals surface area contributed by atoms with E-state index in [0.717, 1.165) is 11.6 Å². The maximum Gasteiger partial charge on any atom is 0.253 e. The summed E-state index contributed by atoms with van der Waals surface area (Å²) in [5, 5.41) is 15.6. The second kappa shape index (κ2) is 6.34. The van der Waals surface area contributed by atoms with E-state index < -0.39 is 0 Å². The molecule has 1 saturated heterocycles. The molecule has 4 rings (SSSR count). The fourth-order valence-corrected chi connectivity index (χ4v) is 2.86. The molecule has 128 valence electrons. The number of piperazine rings is 1. The van der Waals surface area contributed by atoms with Crippen molar-refractivity contribution in [3.05, 3.63) is 42.0 Å². The lowest BCUT2D eigenvalue weighted by molar-refractivity contribution is 0.0746. The third-order valence-electron chi connectivity index (χ3n) is 4.28. The van der Waals surface area contributed by atoms with Gasteiger partial charge in [-0.05, 0) is 46.8 Å². The molecule has 0 unspecified atom stereocenters. The van der Waals surface area contributed by atoms with Crippen LogP contribution in [0.5, 0.6) is 5.75 Å². The zero-order valence-corrected chi connectivity index (χ0v) is 13.7. The molecule has 9 nitrogen and oxygen atoms in total. The van der Waals surface area contributed by atoms with Crippen molar-refractivity contribution >= 4 is 17.4 Å². The van der Waals surface area contributed by atoms with Crippen LogP contribution < -0.4 is 9.64 Å². The van der Waals surface area contributed by atoms with E-state index in [0.29, 0.717) is 37.4 Å². The molecular formula is C16H17N7O2. The Labute approximate surface area is 143 Å². The van der Waals surface area contributed by atoms with Gasteiger partial charge in [0.1, 0.15) is 5.75 Å². The van der Waals surface area contributed by atoms with Gasteiger partial charge in [0, 0.05) is 31.7 Å². The molecule has 0 aliphatic carbocycles. The van der Waals surface area contributed by atoms with Crippen LogP contribution in [0.4, 0.5) is 5.82 Å². The third kappa shape index (κ3) is 2.95. The van der Waals surface area contributed by atoms with Crippen LogP contribution in [0.3, 0.4) is 0 Å². The summed E-state index contributed by atoms with van der Waals surface area (Å²) < 4.78 is 6.53. The lowest BCUT2D eigenvalue weighted by Gasteiger charge is -2.35. The first-order valence-corrected chi connectivity index (χ1v) is 7.98. The van der Waals surface area contributed by atoms with Gasteiger partial charge in [-0.25, -0.2) is 0 Å². The summed E-state index contributed by atoms with van der Waals surface area (Å²) in [6.07, 6.45) is 0. The number of amides is 1. The highest BCUT2D eigenvalue weighted by molar-refractivity contribution is 5.94. The first kappa shape index (κ1) is 15.3. The average Bonchev–Trinajstić information content (AvgIpc) is 3.15. The quantitative estimate of drug-likeness (QED) is 0.686. The Morgan fingerprint density at radius 1 is 1.04 bits per heavy atom. The van der Waals surface area contributed by atoms with Gasteiger partial charge in [0.25, 0.3) is 5.91 Å². The highest BCUT2D eigenvalue weighted by Crippen LogP contribution is 2.17. The molecule has 0 spiro atoms. The van der Waals surface area contributed by atoms with Crippen LogP contribution in [0.1, 0.15) is 10.4 Å². The van der Waals surface area contributed by atoms with Gasteiger partial charge in [-0.2, -0.15) is 0 Å². The Bertz CT molecular complexity index is 885. The Balaban J connectivity index is 1.42. The molecule has 1 aliphatic heterocycles. The molecule has 0 radical (unpaired) electrons. The predicted octanol–water partition coefficient (Wildman–Crippen LogP) is 0.490. The van der Waals surface area contributed by atoms with E-state index >= 15 is 0 Å². The first-order chi connectivity index (χ1) is 12.2. The summed E-state index contributed by atoms with van der Waals surface area (Å²) >= 11 is 0. The van der Waals surface area contributed by atoms with Gasteiger partial charge < -0.3 is 14.5 Å². The van der Waals surface area contributed by atoms with Crippen LogP contribution in [0, 0.1) is 0 Å². The van der Waals surface area contributed by atoms with Crippen molar-refractivity contribution in [2.45, 2.75) is 0 Å². The maximum absolute atomic E-state index is 12.6. The number of tetrazole rings is 1. The van der Waals surface area contributed by atoms with Gasteiger partial charge in [0.05, 0.1) is 7.11 Å². The van der Waals surface area contributed by atoms with Gasteiger partial charge >= 0.3 is 0 Å². The largest absolute Gasteiger partial charge is 0.497 e. The molecule has 3 heterocycles. The van der Waals surface area contributed by atoms with Crippen molar-refractivity contribution in [2.24, 2.45) is 0 Å². The van der Waals surface area contributed by atoms with Crippen LogP contribution in [0.25, 0.3) is 5.65 Å². The first-order valence-electron chi connectivity index (χ1n) is 7.98. The molecule has 1 aromatic carbocycles. The summed E-state index contributed by atoms with van der Waals surface area (Å²) in [7, 11) is 1.61. The van der Waals surface area contributed by atoms with E-state index in [1.807, 2.05) is 17.0 Å². The van der Waals surface area contributed by atoms with Crippen LogP contribution in [-0.2, 0) is 0 Å². The number of fused-ring (bicyclic) bond motifs is 1. The fraction of sp³-hybridized carbons (Fsp3) is 0.312. The molecule has 0 bridgehead atoms. The van der Waals surface area contributed by atoms with E-state index in [1.54, 1.807) is 31.4 Å². The van der Waals surface area contributed by atoms with Crippen LogP contribution >= 0.6 is 0 Å². The van der Waals surface area contributed by atoms with Gasteiger partial charge in [0.15, 0.2) is 11.5 Å². The highest BCUT2D eigenvalue weighted by Gasteiger charge is 2.23.